The summed E-state index contributed by atoms with van der Waals surface area (Å²) >= 11 is 0. The molecule has 0 heterocycles. The first-order valence-electron chi connectivity index (χ1n) is 11.4. The minimum atomic E-state index is -1.20. The highest BCUT2D eigenvalue weighted by molar-refractivity contribution is 5.78. The van der Waals surface area contributed by atoms with Gasteiger partial charge in [-0.25, -0.2) is 19.2 Å². The fraction of sp³-hybridized carbons (Fsp3) is 0.333. The first-order chi connectivity index (χ1) is 20.4. The Kier molecular flexibility index (Phi) is 19.7. The largest absolute Gasteiger partial charge is 0.508 e. The minimum absolute atomic E-state index is 0.0159. The van der Waals surface area contributed by atoms with Crippen molar-refractivity contribution >= 4 is 35.3 Å². The summed E-state index contributed by atoms with van der Waals surface area (Å²) in [6.45, 7) is -1.98. The SMILES string of the molecule is COCOCC(=O)OCC(=O)O.COCOCC(=O)OCC(=O)Oc1ccc([N+](=O)[O-])cc1.O=[N+]([O-])c1ccc(O)cc1. The Balaban J connectivity index is 0.000000677. The molecule has 0 atom stereocenters. The van der Waals surface area contributed by atoms with E-state index in [4.69, 9.17) is 19.7 Å². The number of rotatable bonds is 15. The normalized spacial score (nSPS) is 9.63. The van der Waals surface area contributed by atoms with Crippen LogP contribution in [0.15, 0.2) is 48.5 Å². The van der Waals surface area contributed by atoms with Gasteiger partial charge in [-0.15, -0.1) is 0 Å². The Morgan fingerprint density at radius 1 is 0.674 bits per heavy atom. The third-order valence-corrected chi connectivity index (χ3v) is 3.89. The number of methoxy groups -OCH3 is 2. The van der Waals surface area contributed by atoms with Gasteiger partial charge in [-0.05, 0) is 24.3 Å². The molecule has 0 radical (unpaired) electrons. The van der Waals surface area contributed by atoms with Crippen LogP contribution in [0.5, 0.6) is 11.5 Å². The lowest BCUT2D eigenvalue weighted by Crippen LogP contribution is -2.21. The van der Waals surface area contributed by atoms with Gasteiger partial charge in [0.05, 0.1) is 9.85 Å². The van der Waals surface area contributed by atoms with Crippen LogP contribution >= 0.6 is 0 Å². The van der Waals surface area contributed by atoms with E-state index < -0.39 is 46.9 Å². The summed E-state index contributed by atoms with van der Waals surface area (Å²) in [4.78, 5) is 62.3. The molecule has 19 nitrogen and oxygen atoms in total. The van der Waals surface area contributed by atoms with Crippen LogP contribution in [-0.2, 0) is 47.6 Å². The zero-order valence-electron chi connectivity index (χ0n) is 22.8. The van der Waals surface area contributed by atoms with Crippen molar-refractivity contribution in [2.24, 2.45) is 0 Å². The van der Waals surface area contributed by atoms with E-state index in [2.05, 4.69) is 23.7 Å². The summed E-state index contributed by atoms with van der Waals surface area (Å²) < 4.78 is 32.0. The Hall–Kier alpha value is -5.24. The Morgan fingerprint density at radius 3 is 1.49 bits per heavy atom. The van der Waals surface area contributed by atoms with Crippen LogP contribution in [0.3, 0.4) is 0 Å². The Bertz CT molecular complexity index is 1170. The van der Waals surface area contributed by atoms with E-state index in [9.17, 15) is 39.4 Å². The Morgan fingerprint density at radius 2 is 1.09 bits per heavy atom. The molecule has 236 valence electrons. The third-order valence-electron chi connectivity index (χ3n) is 3.89. The quantitative estimate of drug-likeness (QED) is 0.0711. The molecule has 0 saturated carbocycles. The van der Waals surface area contributed by atoms with Gasteiger partial charge in [-0.1, -0.05) is 0 Å². The number of aliphatic carboxylic acids is 1. The standard InChI is InChI=1S/C12H13NO8.C6H5NO3.C6H10O6/c1-18-8-19-6-11(14)20-7-12(15)21-10-4-2-9(3-5-10)13(16)17;8-6-3-1-5(2-4-6)7(9)10;1-10-4-11-3-6(9)12-2-5(7)8/h2-5H,6-8H2,1H3;1-4,8H;2-4H2,1H3,(H,7,8). The van der Waals surface area contributed by atoms with Crippen molar-refractivity contribution in [2.75, 3.05) is 54.2 Å². The Labute approximate surface area is 242 Å². The van der Waals surface area contributed by atoms with E-state index in [1.807, 2.05) is 0 Å². The van der Waals surface area contributed by atoms with Crippen molar-refractivity contribution in [3.05, 3.63) is 68.8 Å². The summed E-state index contributed by atoms with van der Waals surface area (Å²) in [6, 6.07) is 9.94. The molecule has 0 saturated heterocycles. The molecule has 0 amide bonds. The fourth-order valence-corrected chi connectivity index (χ4v) is 2.15. The minimum Gasteiger partial charge on any atom is -0.508 e. The highest BCUT2D eigenvalue weighted by Crippen LogP contribution is 2.17. The van der Waals surface area contributed by atoms with Crippen LogP contribution in [0.25, 0.3) is 0 Å². The molecule has 0 fully saturated rings. The predicted molar refractivity (Wildman–Crippen MR) is 139 cm³/mol. The van der Waals surface area contributed by atoms with Gasteiger partial charge in [0.15, 0.2) is 13.2 Å². The molecule has 0 aliphatic rings. The molecule has 2 rings (SSSR count). The number of benzene rings is 2. The molecule has 0 bridgehead atoms. The number of carboxylic acid groups (broad SMARTS) is 1. The molecule has 2 aromatic carbocycles. The maximum Gasteiger partial charge on any atom is 0.349 e. The van der Waals surface area contributed by atoms with Gasteiger partial charge in [-0.2, -0.15) is 0 Å². The van der Waals surface area contributed by atoms with Crippen LogP contribution < -0.4 is 4.74 Å². The van der Waals surface area contributed by atoms with Crippen molar-refractivity contribution in [2.45, 2.75) is 0 Å². The number of nitrogens with zero attached hydrogens (tertiary/aromatic N) is 2. The second-order valence-corrected chi connectivity index (χ2v) is 7.22. The van der Waals surface area contributed by atoms with Crippen molar-refractivity contribution in [3.63, 3.8) is 0 Å². The topological polar surface area (TPSA) is 260 Å². The number of ether oxygens (including phenoxy) is 7. The lowest BCUT2D eigenvalue weighted by molar-refractivity contribution is -0.385. The number of phenols is 1. The summed E-state index contributed by atoms with van der Waals surface area (Å²) in [7, 11) is 2.80. The second kappa shape index (κ2) is 22.4. The molecule has 0 spiro atoms. The number of carbonyl (C=O) groups excluding carboxylic acids is 3. The van der Waals surface area contributed by atoms with Crippen molar-refractivity contribution in [1.29, 1.82) is 0 Å². The molecular weight excluding hydrogens is 588 g/mol. The van der Waals surface area contributed by atoms with E-state index in [0.29, 0.717) is 0 Å². The van der Waals surface area contributed by atoms with Crippen LogP contribution in [-0.4, -0.2) is 98.2 Å². The summed E-state index contributed by atoms with van der Waals surface area (Å²) in [5.74, 6) is -3.34. The number of aromatic hydroxyl groups is 1. The smallest absolute Gasteiger partial charge is 0.349 e. The average molecular weight is 616 g/mol. The van der Waals surface area contributed by atoms with Crippen molar-refractivity contribution < 1.29 is 72.4 Å². The van der Waals surface area contributed by atoms with Gasteiger partial charge in [0.2, 0.25) is 0 Å². The third kappa shape index (κ3) is 20.3. The number of carbonyl (C=O) groups is 4. The number of nitro groups is 2. The molecule has 0 aromatic heterocycles. The number of non-ortho nitro benzene ring substituents is 2. The highest BCUT2D eigenvalue weighted by atomic mass is 16.7. The van der Waals surface area contributed by atoms with E-state index >= 15 is 0 Å². The first-order valence-corrected chi connectivity index (χ1v) is 11.4. The number of carboxylic acids is 1. The fourth-order valence-electron chi connectivity index (χ4n) is 2.15. The van der Waals surface area contributed by atoms with Crippen LogP contribution in [0, 0.1) is 20.2 Å². The molecular formula is C24H28N2O17. The second-order valence-electron chi connectivity index (χ2n) is 7.22. The maximum absolute atomic E-state index is 11.4. The van der Waals surface area contributed by atoms with Crippen LogP contribution in [0.4, 0.5) is 11.4 Å². The van der Waals surface area contributed by atoms with E-state index in [1.54, 1.807) is 0 Å². The van der Waals surface area contributed by atoms with Gasteiger partial charge in [0.25, 0.3) is 11.4 Å². The number of nitro benzene ring substituents is 2. The van der Waals surface area contributed by atoms with Gasteiger partial charge >= 0.3 is 23.9 Å². The zero-order valence-corrected chi connectivity index (χ0v) is 22.8. The van der Waals surface area contributed by atoms with Crippen molar-refractivity contribution in [1.82, 2.24) is 0 Å². The zero-order chi connectivity index (χ0) is 32.6. The van der Waals surface area contributed by atoms with E-state index in [1.165, 1.54) is 62.8 Å². The lowest BCUT2D eigenvalue weighted by Gasteiger charge is -2.06. The van der Waals surface area contributed by atoms with E-state index in [0.717, 1.165) is 0 Å². The molecule has 0 aliphatic heterocycles. The number of phenolic OH excluding ortho intramolecular Hbond substituents is 1. The van der Waals surface area contributed by atoms with E-state index in [-0.39, 0.29) is 49.7 Å². The van der Waals surface area contributed by atoms with Gasteiger partial charge in [0, 0.05) is 38.5 Å². The van der Waals surface area contributed by atoms with Gasteiger partial charge in [-0.3, -0.25) is 20.2 Å². The molecule has 2 N–H and O–H groups in total. The molecule has 19 heteroatoms. The average Bonchev–Trinajstić information content (AvgIpc) is 2.96. The summed E-state index contributed by atoms with van der Waals surface area (Å²) in [6.07, 6.45) is 0. The molecule has 2 aromatic rings. The number of hydrogen-bond donors (Lipinski definition) is 2. The molecule has 0 unspecified atom stereocenters. The molecule has 0 aliphatic carbocycles. The van der Waals surface area contributed by atoms with Crippen LogP contribution in [0.2, 0.25) is 0 Å². The maximum atomic E-state index is 11.4. The highest BCUT2D eigenvalue weighted by Gasteiger charge is 2.11. The van der Waals surface area contributed by atoms with Gasteiger partial charge < -0.3 is 43.4 Å². The summed E-state index contributed by atoms with van der Waals surface area (Å²) in [5.41, 5.74) is -0.144. The summed E-state index contributed by atoms with van der Waals surface area (Å²) in [5, 5.41) is 37.3. The first kappa shape index (κ1) is 37.8. The monoisotopic (exact) mass is 616 g/mol. The molecule has 43 heavy (non-hydrogen) atoms. The lowest BCUT2D eigenvalue weighted by atomic mass is 10.3. The van der Waals surface area contributed by atoms with Gasteiger partial charge in [0.1, 0.15) is 38.3 Å². The predicted octanol–water partition coefficient (Wildman–Crippen LogP) is 1.20. The van der Waals surface area contributed by atoms with Crippen LogP contribution in [0.1, 0.15) is 0 Å². The number of esters is 3. The van der Waals surface area contributed by atoms with Crippen molar-refractivity contribution in [3.8, 4) is 11.5 Å². The number of hydrogen-bond acceptors (Lipinski definition) is 16.